The maximum atomic E-state index is 13.9. The molecule has 0 aromatic heterocycles. The Balaban J connectivity index is 2.05. The lowest BCUT2D eigenvalue weighted by Gasteiger charge is -2.32. The van der Waals surface area contributed by atoms with Gasteiger partial charge in [0.05, 0.1) is 21.2 Å². The second kappa shape index (κ2) is 14.1. The number of nitrogens with one attached hydrogen (secondary N) is 1. The molecule has 3 aromatic rings. The Kier molecular flexibility index (Phi) is 11.0. The predicted octanol–water partition coefficient (Wildman–Crippen LogP) is 5.93. The Hall–Kier alpha value is -3.57. The number of carbonyl (C=O) groups is 2. The van der Waals surface area contributed by atoms with Crippen molar-refractivity contribution in [1.82, 2.24) is 10.2 Å². The quantitative estimate of drug-likeness (QED) is 0.271. The van der Waals surface area contributed by atoms with Gasteiger partial charge in [0.2, 0.25) is 11.8 Å². The minimum absolute atomic E-state index is 0.0611. The Bertz CT molecular complexity index is 1470. The monoisotopic (exact) mass is 623 g/mol. The molecular weight excluding hydrogens is 591 g/mol. The standard InChI is InChI=1S/C30H33ClF3N3O4S/c1-4-21(2)35-29(39)22(3)36(18-17-23-11-7-5-8-12-23)28(38)20-37(42(40,41)25-13-9-6-10-14-25)24-15-16-27(31)26(19-24)30(32,33)34/h5-16,19,21-22H,4,17-18,20H2,1-3H3,(H,35,39)/t21-,22+/m1/s1. The van der Waals surface area contributed by atoms with Gasteiger partial charge in [0.1, 0.15) is 12.6 Å². The number of halogens is 4. The van der Waals surface area contributed by atoms with Crippen LogP contribution in [0.5, 0.6) is 0 Å². The lowest BCUT2D eigenvalue weighted by atomic mass is 10.1. The van der Waals surface area contributed by atoms with Gasteiger partial charge in [0.15, 0.2) is 0 Å². The summed E-state index contributed by atoms with van der Waals surface area (Å²) in [5.41, 5.74) is -0.764. The molecule has 3 rings (SSSR count). The SMILES string of the molecule is CC[C@@H](C)NC(=O)[C@H](C)N(CCc1ccccc1)C(=O)CN(c1ccc(Cl)c(C(F)(F)F)c1)S(=O)(=O)c1ccccc1. The van der Waals surface area contributed by atoms with Crippen molar-refractivity contribution in [1.29, 1.82) is 0 Å². The normalized spacial score (nSPS) is 13.2. The molecule has 0 saturated heterocycles. The van der Waals surface area contributed by atoms with Gasteiger partial charge in [-0.25, -0.2) is 8.42 Å². The fourth-order valence-electron chi connectivity index (χ4n) is 4.17. The smallest absolute Gasteiger partial charge is 0.352 e. The number of hydrogen-bond acceptors (Lipinski definition) is 4. The van der Waals surface area contributed by atoms with E-state index in [9.17, 15) is 31.2 Å². The average molecular weight is 624 g/mol. The molecule has 2 atom stereocenters. The van der Waals surface area contributed by atoms with Gasteiger partial charge in [0, 0.05) is 12.6 Å². The molecule has 0 unspecified atom stereocenters. The second-order valence-electron chi connectivity index (χ2n) is 9.80. The van der Waals surface area contributed by atoms with Crippen LogP contribution in [0.15, 0.2) is 83.8 Å². The summed E-state index contributed by atoms with van der Waals surface area (Å²) in [5, 5.41) is 2.21. The third-order valence-electron chi connectivity index (χ3n) is 6.81. The molecule has 7 nitrogen and oxygen atoms in total. The van der Waals surface area contributed by atoms with Crippen LogP contribution < -0.4 is 9.62 Å². The Morgan fingerprint density at radius 2 is 1.55 bits per heavy atom. The lowest BCUT2D eigenvalue weighted by Crippen LogP contribution is -2.53. The van der Waals surface area contributed by atoms with Crippen LogP contribution in [0.3, 0.4) is 0 Å². The van der Waals surface area contributed by atoms with Crippen molar-refractivity contribution in [2.75, 3.05) is 17.4 Å². The first-order chi connectivity index (χ1) is 19.8. The Morgan fingerprint density at radius 3 is 2.12 bits per heavy atom. The summed E-state index contributed by atoms with van der Waals surface area (Å²) in [7, 11) is -4.52. The van der Waals surface area contributed by atoms with Crippen LogP contribution in [-0.2, 0) is 32.2 Å². The summed E-state index contributed by atoms with van der Waals surface area (Å²) in [5.74, 6) is -1.20. The highest BCUT2D eigenvalue weighted by Gasteiger charge is 2.37. The van der Waals surface area contributed by atoms with E-state index in [4.69, 9.17) is 11.6 Å². The minimum atomic E-state index is -4.87. The van der Waals surface area contributed by atoms with Crippen LogP contribution in [0.4, 0.5) is 18.9 Å². The fraction of sp³-hybridized carbons (Fsp3) is 0.333. The van der Waals surface area contributed by atoms with Gasteiger partial charge < -0.3 is 10.2 Å². The number of sulfonamides is 1. The van der Waals surface area contributed by atoms with E-state index in [0.29, 0.717) is 23.2 Å². The van der Waals surface area contributed by atoms with Crippen LogP contribution in [0.1, 0.15) is 38.3 Å². The number of hydrogen-bond donors (Lipinski definition) is 1. The highest BCUT2D eigenvalue weighted by atomic mass is 35.5. The first kappa shape index (κ1) is 32.9. The highest BCUT2D eigenvalue weighted by molar-refractivity contribution is 7.92. The van der Waals surface area contributed by atoms with Gasteiger partial charge >= 0.3 is 6.18 Å². The van der Waals surface area contributed by atoms with Crippen molar-refractivity contribution < 1.29 is 31.2 Å². The van der Waals surface area contributed by atoms with Crippen LogP contribution in [0.2, 0.25) is 5.02 Å². The second-order valence-corrected chi connectivity index (χ2v) is 12.1. The summed E-state index contributed by atoms with van der Waals surface area (Å²) >= 11 is 5.79. The van der Waals surface area contributed by atoms with Crippen molar-refractivity contribution in [3.05, 3.63) is 95.0 Å². The van der Waals surface area contributed by atoms with Crippen LogP contribution in [0.25, 0.3) is 0 Å². The Labute approximate surface area is 249 Å². The molecule has 0 aliphatic rings. The number of benzene rings is 3. The molecule has 1 N–H and O–H groups in total. The van der Waals surface area contributed by atoms with Crippen LogP contribution in [0, 0.1) is 0 Å². The van der Waals surface area contributed by atoms with E-state index in [1.807, 2.05) is 44.2 Å². The summed E-state index contributed by atoms with van der Waals surface area (Å²) in [6.07, 6.45) is -3.86. The van der Waals surface area contributed by atoms with Gasteiger partial charge in [-0.2, -0.15) is 13.2 Å². The van der Waals surface area contributed by atoms with Crippen molar-refractivity contribution in [3.63, 3.8) is 0 Å². The van der Waals surface area contributed by atoms with Gasteiger partial charge in [-0.3, -0.25) is 13.9 Å². The lowest BCUT2D eigenvalue weighted by molar-refractivity contribution is -0.139. The van der Waals surface area contributed by atoms with E-state index >= 15 is 0 Å². The molecule has 0 spiro atoms. The van der Waals surface area contributed by atoms with E-state index in [1.54, 1.807) is 6.07 Å². The maximum Gasteiger partial charge on any atom is 0.417 e. The largest absolute Gasteiger partial charge is 0.417 e. The number of amides is 2. The van der Waals surface area contributed by atoms with Gasteiger partial charge in [-0.1, -0.05) is 67.1 Å². The average Bonchev–Trinajstić information content (AvgIpc) is 2.96. The minimum Gasteiger partial charge on any atom is -0.352 e. The molecule has 0 aliphatic carbocycles. The molecule has 0 aliphatic heterocycles. The molecule has 0 saturated carbocycles. The zero-order valence-corrected chi connectivity index (χ0v) is 25.0. The van der Waals surface area contributed by atoms with Gasteiger partial charge in [0.25, 0.3) is 10.0 Å². The van der Waals surface area contributed by atoms with E-state index in [0.717, 1.165) is 17.7 Å². The number of anilines is 1. The summed E-state index contributed by atoms with van der Waals surface area (Å²) in [6.45, 7) is 4.44. The third kappa shape index (κ3) is 8.25. The van der Waals surface area contributed by atoms with E-state index in [1.165, 1.54) is 36.1 Å². The first-order valence-corrected chi connectivity index (χ1v) is 15.2. The van der Waals surface area contributed by atoms with E-state index < -0.39 is 56.9 Å². The predicted molar refractivity (Wildman–Crippen MR) is 157 cm³/mol. The van der Waals surface area contributed by atoms with E-state index in [2.05, 4.69) is 5.32 Å². The molecule has 0 fully saturated rings. The topological polar surface area (TPSA) is 86.8 Å². The molecule has 0 bridgehead atoms. The van der Waals surface area contributed by atoms with Crippen LogP contribution in [-0.4, -0.2) is 50.3 Å². The summed E-state index contributed by atoms with van der Waals surface area (Å²) in [4.78, 5) is 28.0. The molecule has 3 aromatic carbocycles. The summed E-state index contributed by atoms with van der Waals surface area (Å²) < 4.78 is 69.3. The number of carbonyl (C=O) groups excluding carboxylic acids is 2. The van der Waals surface area contributed by atoms with Crippen molar-refractivity contribution in [3.8, 4) is 0 Å². The number of rotatable bonds is 12. The number of nitrogens with zero attached hydrogens (tertiary/aromatic N) is 2. The molecule has 2 amide bonds. The van der Waals surface area contributed by atoms with Crippen LogP contribution >= 0.6 is 11.6 Å². The molecular formula is C30H33ClF3N3O4S. The maximum absolute atomic E-state index is 13.9. The fourth-order valence-corrected chi connectivity index (χ4v) is 5.82. The van der Waals surface area contributed by atoms with Gasteiger partial charge in [-0.05, 0) is 62.6 Å². The zero-order chi connectivity index (χ0) is 31.1. The first-order valence-electron chi connectivity index (χ1n) is 13.3. The van der Waals surface area contributed by atoms with Crippen molar-refractivity contribution in [2.45, 2.75) is 56.8 Å². The third-order valence-corrected chi connectivity index (χ3v) is 8.92. The molecule has 0 heterocycles. The zero-order valence-electron chi connectivity index (χ0n) is 23.4. The molecule has 226 valence electrons. The highest BCUT2D eigenvalue weighted by Crippen LogP contribution is 2.38. The van der Waals surface area contributed by atoms with E-state index in [-0.39, 0.29) is 17.5 Å². The van der Waals surface area contributed by atoms with Gasteiger partial charge in [-0.15, -0.1) is 0 Å². The number of alkyl halides is 3. The Morgan fingerprint density at radius 1 is 0.952 bits per heavy atom. The van der Waals surface area contributed by atoms with Crippen molar-refractivity contribution >= 4 is 39.1 Å². The van der Waals surface area contributed by atoms with Crippen molar-refractivity contribution in [2.24, 2.45) is 0 Å². The summed E-state index contributed by atoms with van der Waals surface area (Å²) in [6, 6.07) is 17.7. The molecule has 42 heavy (non-hydrogen) atoms. The molecule has 0 radical (unpaired) electrons. The molecule has 12 heteroatoms.